The molecule has 0 fully saturated rings. The van der Waals surface area contributed by atoms with Gasteiger partial charge in [-0.25, -0.2) is 0 Å². The van der Waals surface area contributed by atoms with Crippen molar-refractivity contribution in [2.75, 3.05) is 29.9 Å². The van der Waals surface area contributed by atoms with Gasteiger partial charge in [0.05, 0.1) is 13.0 Å². The van der Waals surface area contributed by atoms with Gasteiger partial charge in [-0.3, -0.25) is 9.59 Å². The lowest BCUT2D eigenvalue weighted by Crippen LogP contribution is -2.26. The first kappa shape index (κ1) is 13.0. The fourth-order valence-corrected chi connectivity index (χ4v) is 2.17. The van der Waals surface area contributed by atoms with Gasteiger partial charge in [0, 0.05) is 18.4 Å². The van der Waals surface area contributed by atoms with E-state index in [9.17, 15) is 9.59 Å². The van der Waals surface area contributed by atoms with Crippen molar-refractivity contribution in [3.63, 3.8) is 0 Å². The highest BCUT2D eigenvalue weighted by Gasteiger charge is 2.26. The zero-order valence-corrected chi connectivity index (χ0v) is 10.6. The van der Waals surface area contributed by atoms with Crippen LogP contribution in [-0.2, 0) is 16.0 Å². The Balaban J connectivity index is 2.27. The van der Waals surface area contributed by atoms with E-state index in [2.05, 4.69) is 5.92 Å². The summed E-state index contributed by atoms with van der Waals surface area (Å²) in [5, 5.41) is 8.77. The minimum atomic E-state index is -0.895. The molecule has 0 spiro atoms. The molecule has 5 nitrogen and oxygen atoms in total. The van der Waals surface area contributed by atoms with Crippen LogP contribution in [-0.4, -0.2) is 37.1 Å². The first-order valence-corrected chi connectivity index (χ1v) is 5.82. The number of benzene rings is 1. The Morgan fingerprint density at radius 2 is 2.32 bits per heavy atom. The van der Waals surface area contributed by atoms with E-state index in [-0.39, 0.29) is 19.0 Å². The van der Waals surface area contributed by atoms with Gasteiger partial charge in [0.2, 0.25) is 5.91 Å². The van der Waals surface area contributed by atoms with Gasteiger partial charge in [-0.1, -0.05) is 5.92 Å². The van der Waals surface area contributed by atoms with E-state index in [1.54, 1.807) is 22.9 Å². The zero-order chi connectivity index (χ0) is 14.0. The van der Waals surface area contributed by atoms with Crippen molar-refractivity contribution in [2.45, 2.75) is 6.42 Å². The summed E-state index contributed by atoms with van der Waals surface area (Å²) in [5.74, 6) is 1.54. The molecule has 0 unspecified atom stereocenters. The Bertz CT molecular complexity index is 575. The van der Waals surface area contributed by atoms with E-state index in [1.807, 2.05) is 12.1 Å². The van der Waals surface area contributed by atoms with Gasteiger partial charge in [0.25, 0.3) is 0 Å². The number of hydrogen-bond acceptors (Lipinski definition) is 3. The molecule has 0 atom stereocenters. The lowest BCUT2D eigenvalue weighted by Gasteiger charge is -2.19. The number of carboxylic acid groups (broad SMARTS) is 1. The van der Waals surface area contributed by atoms with Crippen LogP contribution in [0.25, 0.3) is 0 Å². The van der Waals surface area contributed by atoms with Crippen molar-refractivity contribution < 1.29 is 14.7 Å². The normalized spacial score (nSPS) is 13.1. The Morgan fingerprint density at radius 1 is 1.58 bits per heavy atom. The molecule has 1 heterocycles. The first-order valence-electron chi connectivity index (χ1n) is 5.82. The Kier molecular flexibility index (Phi) is 3.43. The monoisotopic (exact) mass is 258 g/mol. The number of anilines is 2. The van der Waals surface area contributed by atoms with Crippen molar-refractivity contribution in [3.8, 4) is 12.3 Å². The van der Waals surface area contributed by atoms with Gasteiger partial charge in [-0.15, -0.1) is 6.42 Å². The van der Waals surface area contributed by atoms with Crippen LogP contribution in [0.3, 0.4) is 0 Å². The van der Waals surface area contributed by atoms with Gasteiger partial charge < -0.3 is 14.9 Å². The molecule has 0 saturated heterocycles. The molecule has 2 rings (SSSR count). The van der Waals surface area contributed by atoms with Crippen LogP contribution in [0.15, 0.2) is 18.2 Å². The average Bonchev–Trinajstić information content (AvgIpc) is 2.65. The van der Waals surface area contributed by atoms with E-state index in [0.29, 0.717) is 6.42 Å². The van der Waals surface area contributed by atoms with Crippen molar-refractivity contribution in [2.24, 2.45) is 0 Å². The topological polar surface area (TPSA) is 60.9 Å². The number of nitrogens with zero attached hydrogens (tertiary/aromatic N) is 2. The molecule has 1 aliphatic rings. The van der Waals surface area contributed by atoms with Crippen LogP contribution in [0, 0.1) is 12.3 Å². The lowest BCUT2D eigenvalue weighted by atomic mass is 10.1. The molecule has 0 aromatic heterocycles. The number of carbonyl (C=O) groups excluding carboxylic acids is 1. The summed E-state index contributed by atoms with van der Waals surface area (Å²) in [6.07, 6.45) is 5.55. The van der Waals surface area contributed by atoms with E-state index in [4.69, 9.17) is 11.5 Å². The van der Waals surface area contributed by atoms with Gasteiger partial charge in [-0.2, -0.15) is 0 Å². The maximum Gasteiger partial charge on any atom is 0.323 e. The number of likely N-dealkylation sites (N-methyl/N-ethyl adjacent to an activating group) is 1. The molecule has 98 valence electrons. The second-order valence-corrected chi connectivity index (χ2v) is 4.42. The number of hydrogen-bond donors (Lipinski definition) is 1. The molecule has 1 aromatic carbocycles. The summed E-state index contributed by atoms with van der Waals surface area (Å²) in [7, 11) is 1.70. The minimum absolute atomic E-state index is 0.0222. The molecule has 1 N–H and O–H groups in total. The predicted molar refractivity (Wildman–Crippen MR) is 72.2 cm³/mol. The molecular formula is C14H14N2O3. The number of rotatable bonds is 4. The van der Waals surface area contributed by atoms with Crippen molar-refractivity contribution in [3.05, 3.63) is 23.8 Å². The largest absolute Gasteiger partial charge is 0.480 e. The van der Waals surface area contributed by atoms with E-state index in [1.165, 1.54) is 0 Å². The van der Waals surface area contributed by atoms with Gasteiger partial charge in [0.1, 0.15) is 6.54 Å². The van der Waals surface area contributed by atoms with Crippen LogP contribution < -0.4 is 9.80 Å². The highest BCUT2D eigenvalue weighted by atomic mass is 16.4. The molecule has 1 amide bonds. The van der Waals surface area contributed by atoms with E-state index in [0.717, 1.165) is 16.9 Å². The zero-order valence-electron chi connectivity index (χ0n) is 10.6. The van der Waals surface area contributed by atoms with Crippen LogP contribution >= 0.6 is 0 Å². The second kappa shape index (κ2) is 5.02. The van der Waals surface area contributed by atoms with Crippen LogP contribution in [0.1, 0.15) is 5.56 Å². The predicted octanol–water partition coefficient (Wildman–Crippen LogP) is 0.730. The molecule has 0 bridgehead atoms. The number of carboxylic acids is 1. The van der Waals surface area contributed by atoms with Crippen LogP contribution in [0.2, 0.25) is 0 Å². The lowest BCUT2D eigenvalue weighted by molar-refractivity contribution is -0.135. The third-order valence-electron chi connectivity index (χ3n) is 3.06. The molecular weight excluding hydrogens is 244 g/mol. The fourth-order valence-electron chi connectivity index (χ4n) is 2.17. The van der Waals surface area contributed by atoms with Crippen molar-refractivity contribution >= 4 is 23.3 Å². The van der Waals surface area contributed by atoms with Crippen LogP contribution in [0.5, 0.6) is 0 Å². The van der Waals surface area contributed by atoms with Gasteiger partial charge >= 0.3 is 5.97 Å². The summed E-state index contributed by atoms with van der Waals surface area (Å²) in [4.78, 5) is 25.7. The Morgan fingerprint density at radius 3 is 2.95 bits per heavy atom. The van der Waals surface area contributed by atoms with Gasteiger partial charge in [0.15, 0.2) is 0 Å². The van der Waals surface area contributed by atoms with Crippen molar-refractivity contribution in [1.82, 2.24) is 0 Å². The second-order valence-electron chi connectivity index (χ2n) is 4.42. The highest BCUT2D eigenvalue weighted by molar-refractivity contribution is 6.02. The van der Waals surface area contributed by atoms with Crippen LogP contribution in [0.4, 0.5) is 11.4 Å². The molecule has 0 saturated carbocycles. The summed E-state index contributed by atoms with van der Waals surface area (Å²) < 4.78 is 0. The molecule has 1 aromatic rings. The summed E-state index contributed by atoms with van der Waals surface area (Å²) in [5.41, 5.74) is 2.47. The minimum Gasteiger partial charge on any atom is -0.480 e. The fraction of sp³-hybridized carbons (Fsp3) is 0.286. The highest BCUT2D eigenvalue weighted by Crippen LogP contribution is 2.31. The number of carbonyl (C=O) groups is 2. The quantitative estimate of drug-likeness (QED) is 0.809. The van der Waals surface area contributed by atoms with Crippen molar-refractivity contribution in [1.29, 1.82) is 0 Å². The number of aliphatic carboxylic acids is 1. The Hall–Kier alpha value is -2.48. The van der Waals surface area contributed by atoms with E-state index < -0.39 is 5.97 Å². The molecule has 5 heteroatoms. The molecule has 1 aliphatic heterocycles. The molecule has 0 aliphatic carbocycles. The average molecular weight is 258 g/mol. The number of terminal acetylenes is 1. The third-order valence-corrected chi connectivity index (χ3v) is 3.06. The van der Waals surface area contributed by atoms with Gasteiger partial charge in [-0.05, 0) is 23.8 Å². The summed E-state index contributed by atoms with van der Waals surface area (Å²) >= 11 is 0. The number of amides is 1. The third kappa shape index (κ3) is 2.52. The molecule has 19 heavy (non-hydrogen) atoms. The summed E-state index contributed by atoms with van der Waals surface area (Å²) in [6.45, 7) is 0.178. The smallest absolute Gasteiger partial charge is 0.323 e. The molecule has 0 radical (unpaired) electrons. The maximum absolute atomic E-state index is 11.8. The SMILES string of the molecule is C#CCN1C(=O)Cc2cc(N(C)CC(=O)O)ccc21. The standard InChI is InChI=1S/C14H14N2O3/c1-3-6-16-12-5-4-11(15(2)9-14(18)19)7-10(12)8-13(16)17/h1,4-5,7H,6,8-9H2,2H3,(H,18,19). The van der Waals surface area contributed by atoms with E-state index >= 15 is 0 Å². The first-order chi connectivity index (χ1) is 9.02. The maximum atomic E-state index is 11.8. The number of fused-ring (bicyclic) bond motifs is 1. The summed E-state index contributed by atoms with van der Waals surface area (Å²) in [6, 6.07) is 5.45. The Labute approximate surface area is 111 Å².